The van der Waals surface area contributed by atoms with Crippen molar-refractivity contribution in [1.82, 2.24) is 19.4 Å². The fourth-order valence-electron chi connectivity index (χ4n) is 3.34. The van der Waals surface area contributed by atoms with Gasteiger partial charge in [0.05, 0.1) is 25.2 Å². The number of hydrogen-bond donors (Lipinski definition) is 0. The van der Waals surface area contributed by atoms with Crippen LogP contribution in [-0.4, -0.2) is 39.0 Å². The molecule has 0 atom stereocenters. The predicted octanol–water partition coefficient (Wildman–Crippen LogP) is 1.96. The van der Waals surface area contributed by atoms with Gasteiger partial charge in [-0.1, -0.05) is 6.07 Å². The van der Waals surface area contributed by atoms with Gasteiger partial charge in [0, 0.05) is 26.3 Å². The second-order valence-electron chi connectivity index (χ2n) is 7.11. The van der Waals surface area contributed by atoms with Crippen LogP contribution in [0.15, 0.2) is 53.7 Å². The molecule has 0 aliphatic carbocycles. The zero-order valence-corrected chi connectivity index (χ0v) is 16.9. The highest BCUT2D eigenvalue weighted by Crippen LogP contribution is 2.25. The summed E-state index contributed by atoms with van der Waals surface area (Å²) in [7, 11) is 3.21. The number of hydrogen-bond acceptors (Lipinski definition) is 6. The standard InChI is InChI=1S/C22H22N4O4/c1-25-13-20(24-11-21(25)27)22(28)26-8-7-15-3-5-18(9-16(15)12-26)30-14-17-4-6-19(29-2)10-23-17/h3-6,9-11,13H,7-8,12,14H2,1-2H3. The van der Waals surface area contributed by atoms with Crippen LogP contribution in [0.2, 0.25) is 0 Å². The van der Waals surface area contributed by atoms with Gasteiger partial charge in [-0.2, -0.15) is 0 Å². The Labute approximate surface area is 173 Å². The summed E-state index contributed by atoms with van der Waals surface area (Å²) < 4.78 is 12.4. The van der Waals surface area contributed by atoms with Crippen LogP contribution < -0.4 is 15.0 Å². The highest BCUT2D eigenvalue weighted by molar-refractivity contribution is 5.92. The minimum absolute atomic E-state index is 0.190. The SMILES string of the molecule is COc1ccc(COc2ccc3c(c2)CN(C(=O)c2cn(C)c(=O)cn2)CC3)nc1. The number of methoxy groups -OCH3 is 1. The molecule has 0 saturated carbocycles. The molecule has 154 valence electrons. The smallest absolute Gasteiger partial charge is 0.274 e. The molecule has 0 unspecified atom stereocenters. The average molecular weight is 406 g/mol. The lowest BCUT2D eigenvalue weighted by molar-refractivity contribution is 0.0727. The number of aromatic nitrogens is 3. The average Bonchev–Trinajstić information content (AvgIpc) is 2.78. The molecule has 4 rings (SSSR count). The number of aryl methyl sites for hydroxylation is 1. The summed E-state index contributed by atoms with van der Waals surface area (Å²) >= 11 is 0. The van der Waals surface area contributed by atoms with Crippen LogP contribution in [0.4, 0.5) is 0 Å². The van der Waals surface area contributed by atoms with Crippen molar-refractivity contribution in [2.24, 2.45) is 7.05 Å². The Morgan fingerprint density at radius 3 is 2.67 bits per heavy atom. The molecule has 8 heteroatoms. The molecule has 0 radical (unpaired) electrons. The van der Waals surface area contributed by atoms with E-state index in [1.807, 2.05) is 30.3 Å². The summed E-state index contributed by atoms with van der Waals surface area (Å²) in [5.41, 5.74) is 3.05. The number of rotatable bonds is 5. The van der Waals surface area contributed by atoms with Crippen molar-refractivity contribution >= 4 is 5.91 Å². The van der Waals surface area contributed by atoms with E-state index in [9.17, 15) is 9.59 Å². The monoisotopic (exact) mass is 406 g/mol. The van der Waals surface area contributed by atoms with Gasteiger partial charge in [0.25, 0.3) is 11.5 Å². The summed E-state index contributed by atoms with van der Waals surface area (Å²) in [5, 5.41) is 0. The molecular weight excluding hydrogens is 384 g/mol. The third-order valence-electron chi connectivity index (χ3n) is 5.09. The molecule has 0 fully saturated rings. The number of amides is 1. The Morgan fingerprint density at radius 1 is 1.10 bits per heavy atom. The molecule has 2 aromatic heterocycles. The number of nitrogens with zero attached hydrogens (tertiary/aromatic N) is 4. The first-order chi connectivity index (χ1) is 14.5. The molecule has 1 aliphatic heterocycles. The summed E-state index contributed by atoms with van der Waals surface area (Å²) in [6.07, 6.45) is 5.06. The quantitative estimate of drug-likeness (QED) is 0.644. The van der Waals surface area contributed by atoms with Gasteiger partial charge in [0.1, 0.15) is 23.8 Å². The first kappa shape index (κ1) is 19.6. The molecule has 3 aromatic rings. The van der Waals surface area contributed by atoms with Crippen molar-refractivity contribution in [3.63, 3.8) is 0 Å². The van der Waals surface area contributed by atoms with Gasteiger partial charge in [0.15, 0.2) is 0 Å². The van der Waals surface area contributed by atoms with Crippen LogP contribution in [0, 0.1) is 0 Å². The third-order valence-corrected chi connectivity index (χ3v) is 5.09. The molecular formula is C22H22N4O4. The lowest BCUT2D eigenvalue weighted by Crippen LogP contribution is -2.37. The van der Waals surface area contributed by atoms with Crippen molar-refractivity contribution < 1.29 is 14.3 Å². The van der Waals surface area contributed by atoms with Gasteiger partial charge in [-0.3, -0.25) is 14.6 Å². The van der Waals surface area contributed by atoms with E-state index in [1.54, 1.807) is 25.3 Å². The normalized spacial score (nSPS) is 12.9. The molecule has 0 spiro atoms. The fourth-order valence-corrected chi connectivity index (χ4v) is 3.34. The van der Waals surface area contributed by atoms with E-state index in [0.717, 1.165) is 23.4 Å². The lowest BCUT2D eigenvalue weighted by atomic mass is 9.99. The van der Waals surface area contributed by atoms with E-state index in [0.29, 0.717) is 25.4 Å². The molecule has 0 saturated heterocycles. The highest BCUT2D eigenvalue weighted by atomic mass is 16.5. The molecule has 8 nitrogen and oxygen atoms in total. The Kier molecular flexibility index (Phi) is 5.47. The van der Waals surface area contributed by atoms with Gasteiger partial charge in [-0.05, 0) is 41.8 Å². The third kappa shape index (κ3) is 4.17. The van der Waals surface area contributed by atoms with Crippen molar-refractivity contribution in [3.05, 3.63) is 81.8 Å². The topological polar surface area (TPSA) is 86.5 Å². The van der Waals surface area contributed by atoms with Crippen LogP contribution in [-0.2, 0) is 26.6 Å². The van der Waals surface area contributed by atoms with Gasteiger partial charge in [-0.25, -0.2) is 4.98 Å². The number of ether oxygens (including phenoxy) is 2. The number of carbonyl (C=O) groups excluding carboxylic acids is 1. The van der Waals surface area contributed by atoms with E-state index in [4.69, 9.17) is 9.47 Å². The molecule has 1 aromatic carbocycles. The summed E-state index contributed by atoms with van der Waals surface area (Å²) in [6.45, 7) is 1.41. The van der Waals surface area contributed by atoms with Crippen molar-refractivity contribution in [2.45, 2.75) is 19.6 Å². The number of pyridine rings is 1. The maximum Gasteiger partial charge on any atom is 0.274 e. The summed E-state index contributed by atoms with van der Waals surface area (Å²) in [5.74, 6) is 1.23. The van der Waals surface area contributed by atoms with Crippen LogP contribution in [0.1, 0.15) is 27.3 Å². The van der Waals surface area contributed by atoms with E-state index in [2.05, 4.69) is 9.97 Å². The lowest BCUT2D eigenvalue weighted by Gasteiger charge is -2.29. The van der Waals surface area contributed by atoms with Crippen molar-refractivity contribution in [3.8, 4) is 11.5 Å². The van der Waals surface area contributed by atoms with Gasteiger partial charge >= 0.3 is 0 Å². The number of benzene rings is 1. The minimum atomic E-state index is -0.247. The summed E-state index contributed by atoms with van der Waals surface area (Å²) in [6, 6.07) is 9.65. The summed E-state index contributed by atoms with van der Waals surface area (Å²) in [4.78, 5) is 34.4. The molecule has 30 heavy (non-hydrogen) atoms. The van der Waals surface area contributed by atoms with Crippen LogP contribution in [0.3, 0.4) is 0 Å². The predicted molar refractivity (Wildman–Crippen MR) is 109 cm³/mol. The largest absolute Gasteiger partial charge is 0.495 e. The van der Waals surface area contributed by atoms with Gasteiger partial charge in [-0.15, -0.1) is 0 Å². The second-order valence-corrected chi connectivity index (χ2v) is 7.11. The molecule has 3 heterocycles. The first-order valence-electron chi connectivity index (χ1n) is 9.59. The van der Waals surface area contributed by atoms with Crippen LogP contribution >= 0.6 is 0 Å². The number of fused-ring (bicyclic) bond motifs is 1. The number of carbonyl (C=O) groups is 1. The van der Waals surface area contributed by atoms with Gasteiger partial charge in [0.2, 0.25) is 0 Å². The minimum Gasteiger partial charge on any atom is -0.495 e. The van der Waals surface area contributed by atoms with Gasteiger partial charge < -0.3 is 18.9 Å². The first-order valence-corrected chi connectivity index (χ1v) is 9.59. The highest BCUT2D eigenvalue weighted by Gasteiger charge is 2.23. The van der Waals surface area contributed by atoms with E-state index < -0.39 is 0 Å². The van der Waals surface area contributed by atoms with Crippen LogP contribution in [0.5, 0.6) is 11.5 Å². The van der Waals surface area contributed by atoms with Crippen LogP contribution in [0.25, 0.3) is 0 Å². The van der Waals surface area contributed by atoms with E-state index >= 15 is 0 Å². The molecule has 1 aliphatic rings. The fraction of sp³-hybridized carbons (Fsp3) is 0.273. The Hall–Kier alpha value is -3.68. The Bertz CT molecular complexity index is 1120. The molecule has 0 N–H and O–H groups in total. The second kappa shape index (κ2) is 8.36. The van der Waals surface area contributed by atoms with Crippen molar-refractivity contribution in [2.75, 3.05) is 13.7 Å². The zero-order chi connectivity index (χ0) is 21.1. The van der Waals surface area contributed by atoms with E-state index in [-0.39, 0.29) is 17.2 Å². The Balaban J connectivity index is 1.45. The zero-order valence-electron chi connectivity index (χ0n) is 16.9. The van der Waals surface area contributed by atoms with E-state index in [1.165, 1.54) is 22.5 Å². The maximum atomic E-state index is 12.8. The molecule has 1 amide bonds. The Morgan fingerprint density at radius 2 is 1.93 bits per heavy atom. The maximum absolute atomic E-state index is 12.8. The molecule has 0 bridgehead atoms. The van der Waals surface area contributed by atoms with Crippen molar-refractivity contribution in [1.29, 1.82) is 0 Å².